The number of carbonyl (C=O) groups is 2. The minimum atomic E-state index is -4.77. The van der Waals surface area contributed by atoms with Crippen molar-refractivity contribution < 1.29 is 27.3 Å². The highest BCUT2D eigenvalue weighted by molar-refractivity contribution is 7.86. The number of imide groups is 1. The molecule has 4 aromatic rings. The zero-order valence-corrected chi connectivity index (χ0v) is 20.7. The molecular formula is C26H24N4O6S. The van der Waals surface area contributed by atoms with Crippen molar-refractivity contribution in [1.29, 1.82) is 0 Å². The maximum Gasteiger partial charge on any atom is 0.321 e. The molecule has 0 spiro atoms. The summed E-state index contributed by atoms with van der Waals surface area (Å²) < 4.78 is 40.8. The molecule has 10 nitrogen and oxygen atoms in total. The summed E-state index contributed by atoms with van der Waals surface area (Å²) in [6.07, 6.45) is 1.66. The van der Waals surface area contributed by atoms with Crippen molar-refractivity contribution >= 4 is 49.4 Å². The molecule has 190 valence electrons. The molecule has 0 bridgehead atoms. The lowest BCUT2D eigenvalue weighted by molar-refractivity contribution is -0.130. The molecule has 0 radical (unpaired) electrons. The topological polar surface area (TPSA) is 166 Å². The van der Waals surface area contributed by atoms with Crippen molar-refractivity contribution in [3.8, 4) is 5.75 Å². The molecule has 5 rings (SSSR count). The van der Waals surface area contributed by atoms with E-state index in [9.17, 15) is 22.6 Å². The zero-order chi connectivity index (χ0) is 26.5. The van der Waals surface area contributed by atoms with Gasteiger partial charge < -0.3 is 16.2 Å². The number of carbonyl (C=O) groups excluding carboxylic acids is 2. The Labute approximate surface area is 212 Å². The first kappa shape index (κ1) is 24.5. The van der Waals surface area contributed by atoms with Gasteiger partial charge in [0.1, 0.15) is 5.75 Å². The summed E-state index contributed by atoms with van der Waals surface area (Å²) >= 11 is 0. The Balaban J connectivity index is 1.83. The van der Waals surface area contributed by atoms with E-state index in [2.05, 4.69) is 4.98 Å². The third-order valence-electron chi connectivity index (χ3n) is 6.98. The third kappa shape index (κ3) is 4.02. The van der Waals surface area contributed by atoms with Gasteiger partial charge in [0.2, 0.25) is 5.91 Å². The Kier molecular flexibility index (Phi) is 5.76. The van der Waals surface area contributed by atoms with Gasteiger partial charge in [0.25, 0.3) is 10.1 Å². The summed E-state index contributed by atoms with van der Waals surface area (Å²) in [4.78, 5) is 31.0. The molecule has 5 N–H and O–H groups in total. The van der Waals surface area contributed by atoms with E-state index in [0.29, 0.717) is 33.3 Å². The fraction of sp³-hybridized carbons (Fsp3) is 0.192. The minimum absolute atomic E-state index is 0.0148. The van der Waals surface area contributed by atoms with Gasteiger partial charge in [0, 0.05) is 23.8 Å². The van der Waals surface area contributed by atoms with Crippen molar-refractivity contribution in [3.63, 3.8) is 0 Å². The number of rotatable bonds is 5. The summed E-state index contributed by atoms with van der Waals surface area (Å²) in [7, 11) is -3.31. The van der Waals surface area contributed by atoms with Crippen LogP contribution in [0.3, 0.4) is 0 Å². The molecule has 0 aliphatic carbocycles. The number of nitrogen functional groups attached to an aromatic ring is 1. The van der Waals surface area contributed by atoms with E-state index in [1.54, 1.807) is 54.7 Å². The highest BCUT2D eigenvalue weighted by atomic mass is 32.2. The second-order valence-electron chi connectivity index (χ2n) is 9.06. The van der Waals surface area contributed by atoms with Gasteiger partial charge in [-0.3, -0.25) is 19.2 Å². The summed E-state index contributed by atoms with van der Waals surface area (Å²) in [5, 5.41) is 1.75. The molecule has 37 heavy (non-hydrogen) atoms. The van der Waals surface area contributed by atoms with E-state index in [1.807, 2.05) is 0 Å². The van der Waals surface area contributed by atoms with Crippen LogP contribution in [0.4, 0.5) is 10.5 Å². The predicted molar refractivity (Wildman–Crippen MR) is 138 cm³/mol. The Morgan fingerprint density at radius 1 is 1.14 bits per heavy atom. The third-order valence-corrected chi connectivity index (χ3v) is 7.87. The molecule has 0 saturated carbocycles. The number of nitrogens with zero attached hydrogens (tertiary/aromatic N) is 2. The Bertz CT molecular complexity index is 1700. The standard InChI is InChI=1S/C26H24N4O6S/c1-36-17-5-3-16-4-7-22(37(33,34)35)23(19(16)13-17)26(9-11-30(24(26)31)25(28)32)14-15-2-6-18-20(27)8-10-29-21(18)12-15/h2-8,10,12-13H,9,11,14H2,1H3,(H2,27,29)(H2,28,32)(H,33,34,35)/t26-/m0/s1. The monoisotopic (exact) mass is 520 g/mol. The Morgan fingerprint density at radius 3 is 2.57 bits per heavy atom. The van der Waals surface area contributed by atoms with Crippen LogP contribution in [0.5, 0.6) is 5.75 Å². The number of ether oxygens (including phenoxy) is 1. The van der Waals surface area contributed by atoms with Gasteiger partial charge in [0.15, 0.2) is 0 Å². The average Bonchev–Trinajstić information content (AvgIpc) is 3.19. The number of methoxy groups -OCH3 is 1. The van der Waals surface area contributed by atoms with Crippen molar-refractivity contribution in [2.24, 2.45) is 5.73 Å². The van der Waals surface area contributed by atoms with E-state index in [-0.39, 0.29) is 24.9 Å². The molecule has 1 atom stereocenters. The van der Waals surface area contributed by atoms with Crippen molar-refractivity contribution in [3.05, 3.63) is 71.9 Å². The summed E-state index contributed by atoms with van der Waals surface area (Å²) in [6.45, 7) is -0.0157. The quantitative estimate of drug-likeness (QED) is 0.338. The van der Waals surface area contributed by atoms with Gasteiger partial charge in [-0.25, -0.2) is 4.79 Å². The van der Waals surface area contributed by atoms with E-state index in [4.69, 9.17) is 16.2 Å². The second kappa shape index (κ2) is 8.71. The first-order valence-corrected chi connectivity index (χ1v) is 12.8. The van der Waals surface area contributed by atoms with Crippen LogP contribution in [0.15, 0.2) is 65.7 Å². The van der Waals surface area contributed by atoms with Crippen molar-refractivity contribution in [1.82, 2.24) is 9.88 Å². The van der Waals surface area contributed by atoms with E-state index in [1.165, 1.54) is 13.2 Å². The number of urea groups is 1. The van der Waals surface area contributed by atoms with Crippen LogP contribution in [0.25, 0.3) is 21.7 Å². The van der Waals surface area contributed by atoms with E-state index in [0.717, 1.165) is 10.3 Å². The van der Waals surface area contributed by atoms with Gasteiger partial charge in [-0.1, -0.05) is 24.3 Å². The number of primary amides is 1. The molecule has 3 amide bonds. The van der Waals surface area contributed by atoms with Crippen LogP contribution in [-0.4, -0.2) is 48.4 Å². The molecule has 1 aromatic heterocycles. The van der Waals surface area contributed by atoms with Gasteiger partial charge in [-0.15, -0.1) is 0 Å². The molecule has 3 aromatic carbocycles. The predicted octanol–water partition coefficient (Wildman–Crippen LogP) is 3.02. The minimum Gasteiger partial charge on any atom is -0.497 e. The summed E-state index contributed by atoms with van der Waals surface area (Å²) in [5.41, 5.74) is 11.9. The van der Waals surface area contributed by atoms with E-state index < -0.39 is 32.4 Å². The number of hydrogen-bond donors (Lipinski definition) is 3. The van der Waals surface area contributed by atoms with Gasteiger partial charge in [0.05, 0.1) is 22.9 Å². The maximum atomic E-state index is 14.0. The van der Waals surface area contributed by atoms with Crippen LogP contribution in [0.2, 0.25) is 0 Å². The highest BCUT2D eigenvalue weighted by Crippen LogP contribution is 2.46. The average molecular weight is 521 g/mol. The van der Waals surface area contributed by atoms with Gasteiger partial charge >= 0.3 is 6.03 Å². The molecular weight excluding hydrogens is 496 g/mol. The van der Waals surface area contributed by atoms with Crippen molar-refractivity contribution in [2.75, 3.05) is 19.4 Å². The normalized spacial score (nSPS) is 18.0. The number of amides is 3. The Morgan fingerprint density at radius 2 is 1.89 bits per heavy atom. The smallest absolute Gasteiger partial charge is 0.321 e. The molecule has 1 fully saturated rings. The van der Waals surface area contributed by atoms with Crippen molar-refractivity contribution in [2.45, 2.75) is 23.2 Å². The lowest BCUT2D eigenvalue weighted by Gasteiger charge is -2.31. The SMILES string of the molecule is COc1ccc2ccc(S(=O)(=O)O)c([C@@]3(Cc4ccc5c(N)ccnc5c4)CCN(C(N)=O)C3=O)c2c1. The molecule has 0 unspecified atom stereocenters. The maximum absolute atomic E-state index is 14.0. The fourth-order valence-corrected chi connectivity index (χ4v) is 6.06. The summed E-state index contributed by atoms with van der Waals surface area (Å²) in [5.74, 6) is -0.222. The number of nitrogens with two attached hydrogens (primary N) is 2. The number of likely N-dealkylation sites (tertiary alicyclic amines) is 1. The van der Waals surface area contributed by atoms with Gasteiger partial charge in [-0.05, 0) is 65.1 Å². The van der Waals surface area contributed by atoms with Crippen LogP contribution in [0.1, 0.15) is 17.5 Å². The number of hydrogen-bond acceptors (Lipinski definition) is 7. The van der Waals surface area contributed by atoms with Crippen LogP contribution in [0, 0.1) is 0 Å². The second-order valence-corrected chi connectivity index (χ2v) is 10.4. The number of fused-ring (bicyclic) bond motifs is 2. The Hall–Kier alpha value is -4.22. The van der Waals surface area contributed by atoms with Crippen LogP contribution < -0.4 is 16.2 Å². The van der Waals surface area contributed by atoms with Crippen LogP contribution in [-0.2, 0) is 26.7 Å². The summed E-state index contributed by atoms with van der Waals surface area (Å²) in [6, 6.07) is 13.9. The number of benzene rings is 3. The lowest BCUT2D eigenvalue weighted by Crippen LogP contribution is -2.44. The molecule has 1 aliphatic heterocycles. The molecule has 1 aliphatic rings. The molecule has 11 heteroatoms. The van der Waals surface area contributed by atoms with Gasteiger partial charge in [-0.2, -0.15) is 8.42 Å². The lowest BCUT2D eigenvalue weighted by atomic mass is 9.72. The number of aromatic nitrogens is 1. The highest BCUT2D eigenvalue weighted by Gasteiger charge is 2.52. The molecule has 1 saturated heterocycles. The largest absolute Gasteiger partial charge is 0.497 e. The first-order valence-electron chi connectivity index (χ1n) is 11.4. The van der Waals surface area contributed by atoms with Crippen LogP contribution >= 0.6 is 0 Å². The fourth-order valence-electron chi connectivity index (χ4n) is 5.25. The zero-order valence-electron chi connectivity index (χ0n) is 19.8. The first-order chi connectivity index (χ1) is 17.5. The van der Waals surface area contributed by atoms with E-state index >= 15 is 0 Å². The molecule has 2 heterocycles. The number of anilines is 1. The number of pyridine rings is 1.